The minimum absolute atomic E-state index is 0.682. The van der Waals surface area contributed by atoms with Gasteiger partial charge in [-0.1, -0.05) is 13.3 Å². The molecular weight excluding hydrogens is 198 g/mol. The van der Waals surface area contributed by atoms with Crippen molar-refractivity contribution in [1.29, 1.82) is 0 Å². The monoisotopic (exact) mass is 227 g/mol. The molecule has 2 N–H and O–H groups in total. The number of nitrogens with zero attached hydrogens (tertiary/aromatic N) is 2. The molecule has 2 atom stereocenters. The molecule has 0 bridgehead atoms. The van der Waals surface area contributed by atoms with Gasteiger partial charge in [-0.25, -0.2) is 0 Å². The van der Waals surface area contributed by atoms with Crippen LogP contribution < -0.4 is 5.73 Å². The summed E-state index contributed by atoms with van der Waals surface area (Å²) in [5.41, 5.74) is 5.81. The zero-order chi connectivity index (χ0) is 12.0. The molecule has 1 heterocycles. The van der Waals surface area contributed by atoms with Crippen LogP contribution in [0.2, 0.25) is 0 Å². The third-order valence-electron chi connectivity index (χ3n) is 3.79. The summed E-state index contributed by atoms with van der Waals surface area (Å²) in [7, 11) is 4.49. The molecule has 1 saturated heterocycles. The highest BCUT2D eigenvalue weighted by atomic mass is 15.2. The Morgan fingerprint density at radius 2 is 2.25 bits per heavy atom. The second-order valence-corrected chi connectivity index (χ2v) is 5.39. The van der Waals surface area contributed by atoms with Gasteiger partial charge in [0, 0.05) is 19.1 Å². The number of likely N-dealkylation sites (tertiary alicyclic amines) is 1. The lowest BCUT2D eigenvalue weighted by molar-refractivity contribution is 0.197. The zero-order valence-electron chi connectivity index (χ0n) is 11.3. The van der Waals surface area contributed by atoms with Crippen molar-refractivity contribution in [3.05, 3.63) is 0 Å². The minimum atomic E-state index is 0.682. The van der Waals surface area contributed by atoms with Gasteiger partial charge < -0.3 is 15.5 Å². The Bertz CT molecular complexity index is 184. The van der Waals surface area contributed by atoms with Gasteiger partial charge in [0.15, 0.2) is 0 Å². The Labute approximate surface area is 101 Å². The smallest absolute Gasteiger partial charge is 0.0220 e. The first-order valence-electron chi connectivity index (χ1n) is 6.76. The lowest BCUT2D eigenvalue weighted by Crippen LogP contribution is -2.39. The maximum atomic E-state index is 5.81. The minimum Gasteiger partial charge on any atom is -0.330 e. The number of rotatable bonds is 7. The molecule has 0 saturated carbocycles. The van der Waals surface area contributed by atoms with Gasteiger partial charge in [-0.05, 0) is 52.4 Å². The standard InChI is InChI=1S/C13H29N3/c1-4-6-12(9-14)10-15(2)11-13-7-5-8-16(13)3/h12-13H,4-11,14H2,1-3H3. The molecule has 0 spiro atoms. The molecule has 1 rings (SSSR count). The maximum Gasteiger partial charge on any atom is 0.0220 e. The molecule has 0 amide bonds. The quantitative estimate of drug-likeness (QED) is 0.713. The van der Waals surface area contributed by atoms with Crippen molar-refractivity contribution in [2.45, 2.75) is 38.6 Å². The van der Waals surface area contributed by atoms with Crippen molar-refractivity contribution in [1.82, 2.24) is 9.80 Å². The van der Waals surface area contributed by atoms with Crippen molar-refractivity contribution in [2.24, 2.45) is 11.7 Å². The highest BCUT2D eigenvalue weighted by Crippen LogP contribution is 2.16. The lowest BCUT2D eigenvalue weighted by atomic mass is 10.0. The highest BCUT2D eigenvalue weighted by molar-refractivity contribution is 4.79. The molecule has 0 aliphatic carbocycles. The van der Waals surface area contributed by atoms with Crippen LogP contribution in [0.5, 0.6) is 0 Å². The molecule has 3 heteroatoms. The van der Waals surface area contributed by atoms with Crippen LogP contribution >= 0.6 is 0 Å². The highest BCUT2D eigenvalue weighted by Gasteiger charge is 2.22. The van der Waals surface area contributed by atoms with Crippen LogP contribution in [0.3, 0.4) is 0 Å². The Morgan fingerprint density at radius 3 is 2.75 bits per heavy atom. The Hall–Kier alpha value is -0.120. The summed E-state index contributed by atoms with van der Waals surface area (Å²) in [4.78, 5) is 4.97. The molecule has 1 fully saturated rings. The van der Waals surface area contributed by atoms with Crippen molar-refractivity contribution >= 4 is 0 Å². The molecule has 3 nitrogen and oxygen atoms in total. The largest absolute Gasteiger partial charge is 0.330 e. The zero-order valence-corrected chi connectivity index (χ0v) is 11.3. The van der Waals surface area contributed by atoms with Gasteiger partial charge in [0.2, 0.25) is 0 Å². The van der Waals surface area contributed by atoms with Crippen molar-refractivity contribution in [3.63, 3.8) is 0 Å². The fraction of sp³-hybridized carbons (Fsp3) is 1.00. The van der Waals surface area contributed by atoms with Gasteiger partial charge >= 0.3 is 0 Å². The van der Waals surface area contributed by atoms with Crippen LogP contribution in [0, 0.1) is 5.92 Å². The van der Waals surface area contributed by atoms with E-state index in [-0.39, 0.29) is 0 Å². The first kappa shape index (κ1) is 13.9. The average Bonchev–Trinajstić information content (AvgIpc) is 2.64. The van der Waals surface area contributed by atoms with Crippen LogP contribution in [0.4, 0.5) is 0 Å². The summed E-state index contributed by atoms with van der Waals surface area (Å²) in [6, 6.07) is 0.769. The molecule has 16 heavy (non-hydrogen) atoms. The lowest BCUT2D eigenvalue weighted by Gasteiger charge is -2.28. The Balaban J connectivity index is 2.25. The van der Waals surface area contributed by atoms with Gasteiger partial charge in [-0.15, -0.1) is 0 Å². The number of hydrogen-bond acceptors (Lipinski definition) is 3. The topological polar surface area (TPSA) is 32.5 Å². The summed E-state index contributed by atoms with van der Waals surface area (Å²) < 4.78 is 0. The van der Waals surface area contributed by atoms with Crippen LogP contribution in [0.15, 0.2) is 0 Å². The van der Waals surface area contributed by atoms with E-state index in [2.05, 4.69) is 30.8 Å². The predicted molar refractivity (Wildman–Crippen MR) is 70.6 cm³/mol. The van der Waals surface area contributed by atoms with Gasteiger partial charge in [0.1, 0.15) is 0 Å². The van der Waals surface area contributed by atoms with Gasteiger partial charge in [-0.2, -0.15) is 0 Å². The third-order valence-corrected chi connectivity index (χ3v) is 3.79. The molecule has 96 valence electrons. The molecular formula is C13H29N3. The summed E-state index contributed by atoms with van der Waals surface area (Å²) in [6.07, 6.45) is 5.24. The van der Waals surface area contributed by atoms with Crippen LogP contribution in [-0.4, -0.2) is 56.1 Å². The van der Waals surface area contributed by atoms with E-state index in [1.165, 1.54) is 38.8 Å². The molecule has 1 aliphatic heterocycles. The van der Waals surface area contributed by atoms with E-state index in [1.807, 2.05) is 0 Å². The second kappa shape index (κ2) is 7.25. The number of hydrogen-bond donors (Lipinski definition) is 1. The molecule has 0 aromatic heterocycles. The molecule has 0 aromatic rings. The summed E-state index contributed by atoms with van der Waals surface area (Å²) in [5, 5.41) is 0. The van der Waals surface area contributed by atoms with Crippen molar-refractivity contribution < 1.29 is 0 Å². The van der Waals surface area contributed by atoms with E-state index in [0.717, 1.165) is 19.1 Å². The summed E-state index contributed by atoms with van der Waals surface area (Å²) in [5.74, 6) is 0.682. The van der Waals surface area contributed by atoms with E-state index >= 15 is 0 Å². The first-order chi connectivity index (χ1) is 7.67. The van der Waals surface area contributed by atoms with Crippen LogP contribution in [-0.2, 0) is 0 Å². The normalized spacial score (nSPS) is 24.2. The van der Waals surface area contributed by atoms with E-state index in [0.29, 0.717) is 5.92 Å². The molecule has 0 aromatic carbocycles. The Morgan fingerprint density at radius 1 is 1.50 bits per heavy atom. The summed E-state index contributed by atoms with van der Waals surface area (Å²) in [6.45, 7) is 6.71. The molecule has 2 unspecified atom stereocenters. The predicted octanol–water partition coefficient (Wildman–Crippen LogP) is 1.39. The second-order valence-electron chi connectivity index (χ2n) is 5.39. The van der Waals surface area contributed by atoms with E-state index in [4.69, 9.17) is 5.73 Å². The van der Waals surface area contributed by atoms with Gasteiger partial charge in [0.25, 0.3) is 0 Å². The van der Waals surface area contributed by atoms with Crippen LogP contribution in [0.25, 0.3) is 0 Å². The molecule has 0 radical (unpaired) electrons. The number of nitrogens with two attached hydrogens (primary N) is 1. The fourth-order valence-electron chi connectivity index (χ4n) is 2.78. The maximum absolute atomic E-state index is 5.81. The van der Waals surface area contributed by atoms with Gasteiger partial charge in [-0.3, -0.25) is 0 Å². The van der Waals surface area contributed by atoms with E-state index in [9.17, 15) is 0 Å². The SMILES string of the molecule is CCCC(CN)CN(C)CC1CCCN1C. The third kappa shape index (κ3) is 4.40. The molecule has 1 aliphatic rings. The van der Waals surface area contributed by atoms with Crippen LogP contribution in [0.1, 0.15) is 32.6 Å². The average molecular weight is 227 g/mol. The first-order valence-corrected chi connectivity index (χ1v) is 6.76. The van der Waals surface area contributed by atoms with E-state index in [1.54, 1.807) is 0 Å². The van der Waals surface area contributed by atoms with Gasteiger partial charge in [0.05, 0.1) is 0 Å². The summed E-state index contributed by atoms with van der Waals surface area (Å²) >= 11 is 0. The van der Waals surface area contributed by atoms with Crippen molar-refractivity contribution in [2.75, 3.05) is 40.3 Å². The Kier molecular flexibility index (Phi) is 6.32. The fourth-order valence-corrected chi connectivity index (χ4v) is 2.78. The van der Waals surface area contributed by atoms with E-state index < -0.39 is 0 Å². The number of likely N-dealkylation sites (N-methyl/N-ethyl adjacent to an activating group) is 2. The van der Waals surface area contributed by atoms with Crippen molar-refractivity contribution in [3.8, 4) is 0 Å².